The first-order valence-electron chi connectivity index (χ1n) is 6.71. The van der Waals surface area contributed by atoms with Gasteiger partial charge in [-0.25, -0.2) is 0 Å². The van der Waals surface area contributed by atoms with Gasteiger partial charge >= 0.3 is 0 Å². The number of rotatable bonds is 4. The van der Waals surface area contributed by atoms with Crippen LogP contribution in [0, 0.1) is 0 Å². The number of aliphatic hydroxyl groups excluding tert-OH is 1. The zero-order chi connectivity index (χ0) is 13.0. The normalized spacial score (nSPS) is 21.9. The second kappa shape index (κ2) is 6.16. The zero-order valence-electron chi connectivity index (χ0n) is 11.2. The molecule has 1 aliphatic heterocycles. The summed E-state index contributed by atoms with van der Waals surface area (Å²) in [5, 5.41) is 9.44. The van der Waals surface area contributed by atoms with Crippen LogP contribution in [0.3, 0.4) is 0 Å². The van der Waals surface area contributed by atoms with Gasteiger partial charge in [0.2, 0.25) is 0 Å². The van der Waals surface area contributed by atoms with Crippen LogP contribution < -0.4 is 4.90 Å². The van der Waals surface area contributed by atoms with Crippen molar-refractivity contribution in [2.75, 3.05) is 24.6 Å². The number of piperidine rings is 1. The van der Waals surface area contributed by atoms with Crippen molar-refractivity contribution in [2.45, 2.75) is 38.9 Å². The van der Waals surface area contributed by atoms with E-state index >= 15 is 0 Å². The Hall–Kier alpha value is -1.13. The average Bonchev–Trinajstić information content (AvgIpc) is 2.39. The summed E-state index contributed by atoms with van der Waals surface area (Å²) in [6.45, 7) is 6.53. The summed E-state index contributed by atoms with van der Waals surface area (Å²) in [7, 11) is 0. The lowest BCUT2D eigenvalue weighted by molar-refractivity contribution is 0.0526. The molecule has 0 amide bonds. The summed E-state index contributed by atoms with van der Waals surface area (Å²) in [5.74, 6) is 0. The van der Waals surface area contributed by atoms with Gasteiger partial charge in [-0.2, -0.15) is 0 Å². The Bertz CT molecular complexity index is 363. The van der Waals surface area contributed by atoms with Gasteiger partial charge in [0.15, 0.2) is 0 Å². The minimum absolute atomic E-state index is 0.334. The molecule has 0 spiro atoms. The minimum Gasteiger partial charge on any atom is -0.387 e. The lowest BCUT2D eigenvalue weighted by atomic mass is 10.1. The van der Waals surface area contributed by atoms with E-state index in [1.54, 1.807) is 6.92 Å². The van der Waals surface area contributed by atoms with E-state index in [1.807, 2.05) is 25.3 Å². The Morgan fingerprint density at radius 1 is 1.56 bits per heavy atom. The number of hydrogen-bond acceptors (Lipinski definition) is 4. The quantitative estimate of drug-likeness (QED) is 0.889. The summed E-state index contributed by atoms with van der Waals surface area (Å²) in [5.41, 5.74) is 1.83. The number of hydrogen-bond donors (Lipinski definition) is 1. The molecule has 2 rings (SSSR count). The van der Waals surface area contributed by atoms with Crippen LogP contribution >= 0.6 is 0 Å². The Kier molecular flexibility index (Phi) is 4.55. The molecule has 0 radical (unpaired) electrons. The third kappa shape index (κ3) is 3.21. The topological polar surface area (TPSA) is 45.6 Å². The molecule has 1 aliphatic rings. The maximum Gasteiger partial charge on any atom is 0.0931 e. The van der Waals surface area contributed by atoms with Crippen LogP contribution in [0.1, 0.15) is 38.5 Å². The Balaban J connectivity index is 2.02. The van der Waals surface area contributed by atoms with Crippen molar-refractivity contribution in [1.82, 2.24) is 4.98 Å². The summed E-state index contributed by atoms with van der Waals surface area (Å²) in [4.78, 5) is 6.60. The largest absolute Gasteiger partial charge is 0.387 e. The van der Waals surface area contributed by atoms with E-state index in [0.717, 1.165) is 43.9 Å². The molecule has 1 N–H and O–H groups in total. The highest BCUT2D eigenvalue weighted by Crippen LogP contribution is 2.21. The molecular weight excluding hydrogens is 228 g/mol. The SMILES string of the molecule is CCOC1CCCN(c2ccc(C(C)O)nc2)C1. The van der Waals surface area contributed by atoms with Gasteiger partial charge in [-0.1, -0.05) is 0 Å². The predicted octanol–water partition coefficient (Wildman–Crippen LogP) is 2.14. The van der Waals surface area contributed by atoms with Gasteiger partial charge in [0.25, 0.3) is 0 Å². The number of aliphatic hydroxyl groups is 1. The van der Waals surface area contributed by atoms with Gasteiger partial charge < -0.3 is 14.7 Å². The van der Waals surface area contributed by atoms with Gasteiger partial charge in [-0.05, 0) is 38.8 Å². The second-order valence-corrected chi connectivity index (χ2v) is 4.78. The fourth-order valence-electron chi connectivity index (χ4n) is 2.38. The van der Waals surface area contributed by atoms with Gasteiger partial charge in [0, 0.05) is 19.7 Å². The molecule has 2 unspecified atom stereocenters. The molecule has 100 valence electrons. The highest BCUT2D eigenvalue weighted by Gasteiger charge is 2.20. The minimum atomic E-state index is -0.503. The maximum atomic E-state index is 9.44. The van der Waals surface area contributed by atoms with Crippen molar-refractivity contribution < 1.29 is 9.84 Å². The number of pyridine rings is 1. The first-order valence-corrected chi connectivity index (χ1v) is 6.71. The molecule has 4 heteroatoms. The van der Waals surface area contributed by atoms with Crippen LogP contribution in [0.15, 0.2) is 18.3 Å². The third-order valence-corrected chi connectivity index (χ3v) is 3.34. The monoisotopic (exact) mass is 250 g/mol. The van der Waals surface area contributed by atoms with Crippen LogP contribution in [-0.2, 0) is 4.74 Å². The molecule has 0 saturated carbocycles. The van der Waals surface area contributed by atoms with E-state index in [-0.39, 0.29) is 0 Å². The van der Waals surface area contributed by atoms with Crippen LogP contribution in [-0.4, -0.2) is 35.9 Å². The van der Waals surface area contributed by atoms with Crippen molar-refractivity contribution in [3.8, 4) is 0 Å². The highest BCUT2D eigenvalue weighted by atomic mass is 16.5. The number of ether oxygens (including phenoxy) is 1. The first-order chi connectivity index (χ1) is 8.70. The van der Waals surface area contributed by atoms with Gasteiger partial charge in [-0.15, -0.1) is 0 Å². The highest BCUT2D eigenvalue weighted by molar-refractivity contribution is 5.45. The van der Waals surface area contributed by atoms with E-state index in [9.17, 15) is 5.11 Å². The molecule has 1 aromatic rings. The molecule has 0 bridgehead atoms. The molecular formula is C14H22N2O2. The van der Waals surface area contributed by atoms with E-state index in [2.05, 4.69) is 9.88 Å². The first kappa shape index (κ1) is 13.3. The van der Waals surface area contributed by atoms with E-state index < -0.39 is 6.10 Å². The summed E-state index contributed by atoms with van der Waals surface area (Å²) >= 11 is 0. The Labute approximate surface area is 109 Å². The van der Waals surface area contributed by atoms with Crippen molar-refractivity contribution in [2.24, 2.45) is 0 Å². The standard InChI is InChI=1S/C14H22N2O2/c1-3-18-13-5-4-8-16(10-13)12-6-7-14(11(2)17)15-9-12/h6-7,9,11,13,17H,3-5,8,10H2,1-2H3. The molecule has 1 saturated heterocycles. The maximum absolute atomic E-state index is 9.44. The van der Waals surface area contributed by atoms with Crippen molar-refractivity contribution >= 4 is 5.69 Å². The van der Waals surface area contributed by atoms with Crippen molar-refractivity contribution in [3.05, 3.63) is 24.0 Å². The molecule has 0 aromatic carbocycles. The molecule has 2 atom stereocenters. The number of anilines is 1. The van der Waals surface area contributed by atoms with Crippen molar-refractivity contribution in [3.63, 3.8) is 0 Å². The summed E-state index contributed by atoms with van der Waals surface area (Å²) < 4.78 is 5.69. The van der Waals surface area contributed by atoms with E-state index in [0.29, 0.717) is 6.10 Å². The molecule has 1 aromatic heterocycles. The van der Waals surface area contributed by atoms with Crippen LogP contribution in [0.4, 0.5) is 5.69 Å². The molecule has 1 fully saturated rings. The van der Waals surface area contributed by atoms with Gasteiger partial charge in [0.1, 0.15) is 0 Å². The lowest BCUT2D eigenvalue weighted by Crippen LogP contribution is -2.39. The third-order valence-electron chi connectivity index (χ3n) is 3.34. The zero-order valence-corrected chi connectivity index (χ0v) is 11.2. The smallest absolute Gasteiger partial charge is 0.0931 e. The van der Waals surface area contributed by atoms with Crippen LogP contribution in [0.5, 0.6) is 0 Å². The Morgan fingerprint density at radius 3 is 3.00 bits per heavy atom. The van der Waals surface area contributed by atoms with Gasteiger partial charge in [-0.3, -0.25) is 4.98 Å². The summed E-state index contributed by atoms with van der Waals surface area (Å²) in [6.07, 6.45) is 3.97. The molecule has 0 aliphatic carbocycles. The Morgan fingerprint density at radius 2 is 2.39 bits per heavy atom. The second-order valence-electron chi connectivity index (χ2n) is 4.78. The fourth-order valence-corrected chi connectivity index (χ4v) is 2.38. The van der Waals surface area contributed by atoms with Gasteiger partial charge in [0.05, 0.1) is 29.8 Å². The molecule has 4 nitrogen and oxygen atoms in total. The van der Waals surface area contributed by atoms with Crippen LogP contribution in [0.25, 0.3) is 0 Å². The number of aromatic nitrogens is 1. The van der Waals surface area contributed by atoms with E-state index in [4.69, 9.17) is 4.74 Å². The van der Waals surface area contributed by atoms with Crippen molar-refractivity contribution in [1.29, 1.82) is 0 Å². The molecule has 18 heavy (non-hydrogen) atoms. The fraction of sp³-hybridized carbons (Fsp3) is 0.643. The predicted molar refractivity (Wildman–Crippen MR) is 71.7 cm³/mol. The average molecular weight is 250 g/mol. The summed E-state index contributed by atoms with van der Waals surface area (Å²) in [6, 6.07) is 3.92. The number of nitrogens with zero attached hydrogens (tertiary/aromatic N) is 2. The molecule has 2 heterocycles. The van der Waals surface area contributed by atoms with Crippen LogP contribution in [0.2, 0.25) is 0 Å². The van der Waals surface area contributed by atoms with E-state index in [1.165, 1.54) is 0 Å². The lowest BCUT2D eigenvalue weighted by Gasteiger charge is -2.34.